The zero-order valence-electron chi connectivity index (χ0n) is 18.1. The zero-order chi connectivity index (χ0) is 24.9. The van der Waals surface area contributed by atoms with Crippen molar-refractivity contribution in [3.05, 3.63) is 52.6 Å². The first kappa shape index (κ1) is 25.8. The van der Waals surface area contributed by atoms with Crippen molar-refractivity contribution in [2.75, 3.05) is 19.4 Å². The Morgan fingerprint density at radius 1 is 1.24 bits per heavy atom. The van der Waals surface area contributed by atoms with Crippen molar-refractivity contribution in [1.82, 2.24) is 29.7 Å². The Labute approximate surface area is 191 Å². The number of aromatic nitrogens is 5. The van der Waals surface area contributed by atoms with Gasteiger partial charge in [-0.3, -0.25) is 9.48 Å². The van der Waals surface area contributed by atoms with E-state index in [0.717, 1.165) is 5.56 Å². The summed E-state index contributed by atoms with van der Waals surface area (Å²) in [5, 5.41) is 23.3. The Morgan fingerprint density at radius 2 is 1.88 bits per heavy atom. The molecule has 2 N–H and O–H groups in total. The fourth-order valence-electron chi connectivity index (χ4n) is 2.52. The molecule has 0 aliphatic heterocycles. The highest BCUT2D eigenvalue weighted by Crippen LogP contribution is 2.22. The Hall–Kier alpha value is -3.45. The highest BCUT2D eigenvalue weighted by atomic mass is 35.5. The summed E-state index contributed by atoms with van der Waals surface area (Å²) < 4.78 is 33.4. The van der Waals surface area contributed by atoms with Crippen molar-refractivity contribution in [1.29, 1.82) is 0 Å². The van der Waals surface area contributed by atoms with Gasteiger partial charge in [0.25, 0.3) is 5.91 Å². The van der Waals surface area contributed by atoms with Gasteiger partial charge in [-0.25, -0.2) is 4.79 Å². The number of anilines is 1. The Morgan fingerprint density at radius 3 is 2.39 bits per heavy atom. The number of amides is 1. The molecule has 0 saturated carbocycles. The maximum atomic E-state index is 12.6. The van der Waals surface area contributed by atoms with Crippen LogP contribution in [-0.4, -0.2) is 66.9 Å². The number of carboxylic acid groups (broad SMARTS) is 1. The highest BCUT2D eigenvalue weighted by molar-refractivity contribution is 6.31. The minimum atomic E-state index is -5.08. The molecule has 0 radical (unpaired) electrons. The van der Waals surface area contributed by atoms with Gasteiger partial charge >= 0.3 is 12.1 Å². The van der Waals surface area contributed by atoms with Gasteiger partial charge in [-0.05, 0) is 44.8 Å². The fourth-order valence-corrected chi connectivity index (χ4v) is 2.70. The molecule has 0 fully saturated rings. The van der Waals surface area contributed by atoms with Crippen LogP contribution in [-0.2, 0) is 18.4 Å². The molecule has 0 aliphatic rings. The number of carbonyl (C=O) groups is 2. The number of hydrogen-bond donors (Lipinski definition) is 2. The molecule has 10 nitrogen and oxygen atoms in total. The van der Waals surface area contributed by atoms with Crippen molar-refractivity contribution in [3.63, 3.8) is 0 Å². The highest BCUT2D eigenvalue weighted by Gasteiger charge is 2.38. The lowest BCUT2D eigenvalue weighted by molar-refractivity contribution is -0.192. The molecule has 178 valence electrons. The molecule has 0 bridgehead atoms. The first-order valence-electron chi connectivity index (χ1n) is 9.25. The molecule has 3 rings (SSSR count). The van der Waals surface area contributed by atoms with E-state index in [1.807, 2.05) is 25.1 Å². The van der Waals surface area contributed by atoms with Gasteiger partial charge in [-0.2, -0.15) is 23.4 Å². The van der Waals surface area contributed by atoms with Crippen LogP contribution in [0.25, 0.3) is 5.69 Å². The molecule has 1 amide bonds. The number of nitrogens with zero attached hydrogens (tertiary/aromatic N) is 6. The summed E-state index contributed by atoms with van der Waals surface area (Å²) in [4.78, 5) is 24.9. The van der Waals surface area contributed by atoms with Crippen LogP contribution in [0.5, 0.6) is 0 Å². The van der Waals surface area contributed by atoms with Crippen LogP contribution in [0.1, 0.15) is 21.7 Å². The molecule has 33 heavy (non-hydrogen) atoms. The molecule has 3 aromatic rings. The summed E-state index contributed by atoms with van der Waals surface area (Å²) in [6.07, 6.45) is -1.68. The van der Waals surface area contributed by atoms with Gasteiger partial charge in [-0.15, -0.1) is 9.90 Å². The van der Waals surface area contributed by atoms with Gasteiger partial charge < -0.3 is 15.3 Å². The third-order valence-corrected chi connectivity index (χ3v) is 4.32. The summed E-state index contributed by atoms with van der Waals surface area (Å²) in [5.41, 5.74) is 3.08. The van der Waals surface area contributed by atoms with Crippen molar-refractivity contribution in [2.45, 2.75) is 19.6 Å². The predicted octanol–water partition coefficient (Wildman–Crippen LogP) is 2.91. The molecule has 2 aromatic heterocycles. The standard InChI is InChI=1S/C17H20ClN7O.C2HF3O2/c1-11-16(22-25(21-11)14-8-19-24(4)10-14)17(26)20-13-5-6-15(18)12(7-13)9-23(2)3;3-2(4,5)1(6)7/h5-8,10H,9H2,1-4H3,(H,20,26);(H,6,7). The SMILES string of the molecule is Cc1nn(-c2cnn(C)c2)nc1C(=O)Nc1ccc(Cl)c(CN(C)C)c1.O=C(O)C(F)(F)F. The number of benzene rings is 1. The minimum Gasteiger partial charge on any atom is -0.475 e. The molecule has 0 aliphatic carbocycles. The maximum absolute atomic E-state index is 12.6. The quantitative estimate of drug-likeness (QED) is 0.568. The molecule has 1 aromatic carbocycles. The molecule has 0 atom stereocenters. The molecule has 14 heteroatoms. The molecule has 2 heterocycles. The maximum Gasteiger partial charge on any atom is 0.490 e. The van der Waals surface area contributed by atoms with E-state index in [1.165, 1.54) is 4.80 Å². The van der Waals surface area contributed by atoms with Crippen molar-refractivity contribution >= 4 is 29.2 Å². The molecule has 0 saturated heterocycles. The van der Waals surface area contributed by atoms with Crippen LogP contribution in [0.4, 0.5) is 18.9 Å². The summed E-state index contributed by atoms with van der Waals surface area (Å²) in [5.74, 6) is -3.08. The predicted molar refractivity (Wildman–Crippen MR) is 113 cm³/mol. The van der Waals surface area contributed by atoms with Gasteiger partial charge in [-0.1, -0.05) is 11.6 Å². The number of carbonyl (C=O) groups excluding carboxylic acids is 1. The van der Waals surface area contributed by atoms with E-state index in [9.17, 15) is 18.0 Å². The Bertz CT molecular complexity index is 1140. The largest absolute Gasteiger partial charge is 0.490 e. The average Bonchev–Trinajstić information content (AvgIpc) is 3.29. The van der Waals surface area contributed by atoms with E-state index >= 15 is 0 Å². The van der Waals surface area contributed by atoms with Crippen molar-refractivity contribution < 1.29 is 27.9 Å². The number of hydrogen-bond acceptors (Lipinski definition) is 6. The lowest BCUT2D eigenvalue weighted by Gasteiger charge is -2.13. The van der Waals surface area contributed by atoms with Crippen molar-refractivity contribution in [2.24, 2.45) is 7.05 Å². The van der Waals surface area contributed by atoms with E-state index < -0.39 is 12.1 Å². The molecular weight excluding hydrogens is 467 g/mol. The molecule has 0 unspecified atom stereocenters. The van der Waals surface area contributed by atoms with Gasteiger partial charge in [0.1, 0.15) is 5.69 Å². The van der Waals surface area contributed by atoms with Crippen LogP contribution < -0.4 is 5.32 Å². The van der Waals surface area contributed by atoms with Gasteiger partial charge in [0.05, 0.1) is 18.1 Å². The fraction of sp³-hybridized carbons (Fsp3) is 0.316. The topological polar surface area (TPSA) is 118 Å². The first-order chi connectivity index (χ1) is 15.3. The monoisotopic (exact) mass is 487 g/mol. The van der Waals surface area contributed by atoms with Crippen LogP contribution in [0.15, 0.2) is 30.6 Å². The summed E-state index contributed by atoms with van der Waals surface area (Å²) in [6.45, 7) is 2.42. The molecular formula is C19H21ClF3N7O3. The second kappa shape index (κ2) is 10.4. The number of halogens is 4. The number of rotatable bonds is 5. The lowest BCUT2D eigenvalue weighted by atomic mass is 10.2. The number of aryl methyl sites for hydroxylation is 2. The average molecular weight is 488 g/mol. The smallest absolute Gasteiger partial charge is 0.475 e. The van der Waals surface area contributed by atoms with Crippen LogP contribution in [0, 0.1) is 6.92 Å². The van der Waals surface area contributed by atoms with Gasteiger partial charge in [0, 0.05) is 24.3 Å². The third-order valence-electron chi connectivity index (χ3n) is 3.95. The van der Waals surface area contributed by atoms with E-state index in [0.29, 0.717) is 28.6 Å². The minimum absolute atomic E-state index is 0.262. The van der Waals surface area contributed by atoms with Gasteiger partial charge in [0.2, 0.25) is 0 Å². The normalized spacial score (nSPS) is 11.2. The second-order valence-electron chi connectivity index (χ2n) is 7.10. The third kappa shape index (κ3) is 7.29. The molecule has 0 spiro atoms. The number of carboxylic acids is 1. The Balaban J connectivity index is 0.000000479. The van der Waals surface area contributed by atoms with E-state index in [4.69, 9.17) is 21.5 Å². The summed E-state index contributed by atoms with van der Waals surface area (Å²) in [6, 6.07) is 5.40. The number of aliphatic carboxylic acids is 1. The lowest BCUT2D eigenvalue weighted by Crippen LogP contribution is -2.21. The summed E-state index contributed by atoms with van der Waals surface area (Å²) in [7, 11) is 5.72. The zero-order valence-corrected chi connectivity index (χ0v) is 18.8. The van der Waals surface area contributed by atoms with E-state index in [2.05, 4.69) is 20.6 Å². The number of alkyl halides is 3. The second-order valence-corrected chi connectivity index (χ2v) is 7.50. The summed E-state index contributed by atoms with van der Waals surface area (Å²) >= 11 is 6.22. The van der Waals surface area contributed by atoms with Crippen molar-refractivity contribution in [3.8, 4) is 5.69 Å². The Kier molecular flexibility index (Phi) is 8.17. The van der Waals surface area contributed by atoms with Crippen LogP contribution in [0.3, 0.4) is 0 Å². The van der Waals surface area contributed by atoms with E-state index in [-0.39, 0.29) is 11.6 Å². The first-order valence-corrected chi connectivity index (χ1v) is 9.63. The van der Waals surface area contributed by atoms with E-state index in [1.54, 1.807) is 43.2 Å². The van der Waals surface area contributed by atoms with Gasteiger partial charge in [0.15, 0.2) is 5.69 Å². The van der Waals surface area contributed by atoms with Crippen LogP contribution in [0.2, 0.25) is 5.02 Å². The number of nitrogens with one attached hydrogen (secondary N) is 1. The van der Waals surface area contributed by atoms with Crippen LogP contribution >= 0.6 is 11.6 Å².